The highest BCUT2D eigenvalue weighted by Gasteiger charge is 2.16. The van der Waals surface area contributed by atoms with Crippen molar-refractivity contribution < 1.29 is 19.8 Å². The number of carbonyl (C=O) groups is 2. The van der Waals surface area contributed by atoms with Crippen LogP contribution in [0.3, 0.4) is 0 Å². The Morgan fingerprint density at radius 3 is 2.27 bits per heavy atom. The molecule has 0 aliphatic carbocycles. The van der Waals surface area contributed by atoms with E-state index in [0.717, 1.165) is 4.90 Å². The Bertz CT molecular complexity index is 152. The van der Waals surface area contributed by atoms with Gasteiger partial charge in [0.05, 0.1) is 0 Å². The van der Waals surface area contributed by atoms with Crippen LogP contribution in [0.1, 0.15) is 0 Å². The minimum Gasteiger partial charge on any atom is -0.480 e. The molecular formula is C5H10N2O4. The molecule has 0 rings (SSSR count). The van der Waals surface area contributed by atoms with Crippen LogP contribution in [0.15, 0.2) is 0 Å². The van der Waals surface area contributed by atoms with E-state index in [4.69, 9.17) is 15.9 Å². The maximum atomic E-state index is 10.1. The molecule has 0 saturated heterocycles. The number of nitrogens with two attached hydrogens (primary N) is 1. The van der Waals surface area contributed by atoms with Crippen molar-refractivity contribution in [3.05, 3.63) is 0 Å². The minimum absolute atomic E-state index is 0.204. The number of aliphatic carboxylic acids is 1. The molecule has 0 radical (unpaired) electrons. The molecule has 1 atom stereocenters. The fraction of sp³-hybridized carbons (Fsp3) is 0.600. The first-order valence-corrected chi connectivity index (χ1v) is 2.87. The molecule has 0 aromatic carbocycles. The fourth-order valence-corrected chi connectivity index (χ4v) is 0.451. The first-order chi connectivity index (χ1) is 4.95. The molecule has 0 aliphatic rings. The highest BCUT2D eigenvalue weighted by atomic mass is 16.4. The van der Waals surface area contributed by atoms with Crippen molar-refractivity contribution in [1.82, 2.24) is 4.90 Å². The summed E-state index contributed by atoms with van der Waals surface area (Å²) in [4.78, 5) is 21.1. The Kier molecular flexibility index (Phi) is 3.32. The summed E-state index contributed by atoms with van der Waals surface area (Å²) in [5.74, 6) is -1.21. The molecule has 64 valence electrons. The van der Waals surface area contributed by atoms with Gasteiger partial charge in [0, 0.05) is 13.6 Å². The molecule has 0 fully saturated rings. The van der Waals surface area contributed by atoms with Gasteiger partial charge < -0.3 is 20.8 Å². The Morgan fingerprint density at radius 2 is 2.00 bits per heavy atom. The SMILES string of the molecule is CN(C[C@H](N)C(=O)O)C(=O)O. The van der Waals surface area contributed by atoms with Crippen LogP contribution in [0.2, 0.25) is 0 Å². The number of hydrogen-bond donors (Lipinski definition) is 3. The fourth-order valence-electron chi connectivity index (χ4n) is 0.451. The highest BCUT2D eigenvalue weighted by Crippen LogP contribution is 1.86. The van der Waals surface area contributed by atoms with Gasteiger partial charge in [0.25, 0.3) is 0 Å². The van der Waals surface area contributed by atoms with Crippen molar-refractivity contribution in [1.29, 1.82) is 0 Å². The van der Waals surface area contributed by atoms with Crippen molar-refractivity contribution in [2.75, 3.05) is 13.6 Å². The van der Waals surface area contributed by atoms with Gasteiger partial charge in [-0.3, -0.25) is 4.79 Å². The second-order valence-electron chi connectivity index (χ2n) is 2.11. The third-order valence-corrected chi connectivity index (χ3v) is 1.11. The Morgan fingerprint density at radius 1 is 1.55 bits per heavy atom. The van der Waals surface area contributed by atoms with E-state index in [1.54, 1.807) is 0 Å². The highest BCUT2D eigenvalue weighted by molar-refractivity contribution is 5.74. The number of likely N-dealkylation sites (N-methyl/N-ethyl adjacent to an activating group) is 1. The van der Waals surface area contributed by atoms with Crippen molar-refractivity contribution in [2.24, 2.45) is 5.73 Å². The summed E-state index contributed by atoms with van der Waals surface area (Å²) in [5.41, 5.74) is 5.05. The van der Waals surface area contributed by atoms with E-state index < -0.39 is 18.1 Å². The second-order valence-corrected chi connectivity index (χ2v) is 2.11. The van der Waals surface area contributed by atoms with E-state index in [9.17, 15) is 9.59 Å². The molecule has 0 aliphatic heterocycles. The van der Waals surface area contributed by atoms with Gasteiger partial charge in [-0.05, 0) is 0 Å². The van der Waals surface area contributed by atoms with Crippen LogP contribution in [-0.2, 0) is 4.79 Å². The number of carboxylic acids is 1. The average molecular weight is 162 g/mol. The third kappa shape index (κ3) is 3.41. The number of nitrogens with zero attached hydrogens (tertiary/aromatic N) is 1. The maximum absolute atomic E-state index is 10.1. The Hall–Kier alpha value is -1.30. The second kappa shape index (κ2) is 3.77. The zero-order chi connectivity index (χ0) is 9.02. The van der Waals surface area contributed by atoms with Gasteiger partial charge in [-0.25, -0.2) is 4.79 Å². The van der Waals surface area contributed by atoms with E-state index in [0.29, 0.717) is 0 Å². The van der Waals surface area contributed by atoms with Crippen LogP contribution in [0, 0.1) is 0 Å². The summed E-state index contributed by atoms with van der Waals surface area (Å²) >= 11 is 0. The van der Waals surface area contributed by atoms with E-state index in [-0.39, 0.29) is 6.54 Å². The molecule has 0 heterocycles. The molecule has 0 spiro atoms. The lowest BCUT2D eigenvalue weighted by atomic mass is 10.3. The van der Waals surface area contributed by atoms with E-state index in [2.05, 4.69) is 0 Å². The summed E-state index contributed by atoms with van der Waals surface area (Å²) in [5, 5.41) is 16.6. The number of rotatable bonds is 3. The normalized spacial score (nSPS) is 12.2. The lowest BCUT2D eigenvalue weighted by Crippen LogP contribution is -2.42. The summed E-state index contributed by atoms with van der Waals surface area (Å²) in [6.07, 6.45) is -1.19. The summed E-state index contributed by atoms with van der Waals surface area (Å²) in [6.45, 7) is -0.204. The molecule has 6 nitrogen and oxygen atoms in total. The van der Waals surface area contributed by atoms with Crippen LogP contribution >= 0.6 is 0 Å². The lowest BCUT2D eigenvalue weighted by Gasteiger charge is -2.14. The quantitative estimate of drug-likeness (QED) is 0.494. The smallest absolute Gasteiger partial charge is 0.407 e. The predicted octanol–water partition coefficient (Wildman–Crippen LogP) is -0.992. The number of amides is 1. The summed E-state index contributed by atoms with van der Waals surface area (Å²) in [7, 11) is 1.26. The van der Waals surface area contributed by atoms with Gasteiger partial charge in [-0.2, -0.15) is 0 Å². The molecule has 0 saturated carbocycles. The van der Waals surface area contributed by atoms with Gasteiger partial charge in [0.15, 0.2) is 0 Å². The van der Waals surface area contributed by atoms with E-state index in [1.165, 1.54) is 7.05 Å². The molecule has 0 bridgehead atoms. The van der Waals surface area contributed by atoms with Crippen LogP contribution in [-0.4, -0.2) is 46.8 Å². The van der Waals surface area contributed by atoms with Crippen molar-refractivity contribution in [3.63, 3.8) is 0 Å². The predicted molar refractivity (Wildman–Crippen MR) is 36.3 cm³/mol. The maximum Gasteiger partial charge on any atom is 0.407 e. The van der Waals surface area contributed by atoms with Crippen molar-refractivity contribution in [3.8, 4) is 0 Å². The summed E-state index contributed by atoms with van der Waals surface area (Å²) in [6, 6.07) is -1.16. The van der Waals surface area contributed by atoms with E-state index >= 15 is 0 Å². The Balaban J connectivity index is 3.84. The van der Waals surface area contributed by atoms with Crippen LogP contribution in [0.5, 0.6) is 0 Å². The van der Waals surface area contributed by atoms with Gasteiger partial charge in [-0.15, -0.1) is 0 Å². The third-order valence-electron chi connectivity index (χ3n) is 1.11. The Labute approximate surface area is 63.2 Å². The number of carboxylic acid groups (broad SMARTS) is 2. The molecule has 0 aromatic heterocycles. The zero-order valence-corrected chi connectivity index (χ0v) is 6.02. The van der Waals surface area contributed by atoms with Crippen LogP contribution in [0.4, 0.5) is 4.79 Å². The lowest BCUT2D eigenvalue weighted by molar-refractivity contribution is -0.138. The molecule has 0 aromatic rings. The first-order valence-electron chi connectivity index (χ1n) is 2.87. The van der Waals surface area contributed by atoms with Gasteiger partial charge in [-0.1, -0.05) is 0 Å². The molecule has 4 N–H and O–H groups in total. The first kappa shape index (κ1) is 9.70. The van der Waals surface area contributed by atoms with E-state index in [1.807, 2.05) is 0 Å². The molecule has 0 unspecified atom stereocenters. The largest absolute Gasteiger partial charge is 0.480 e. The van der Waals surface area contributed by atoms with Crippen LogP contribution in [0.25, 0.3) is 0 Å². The van der Waals surface area contributed by atoms with Crippen molar-refractivity contribution in [2.45, 2.75) is 6.04 Å². The number of hydrogen-bond acceptors (Lipinski definition) is 3. The van der Waals surface area contributed by atoms with Gasteiger partial charge >= 0.3 is 12.1 Å². The van der Waals surface area contributed by atoms with Crippen molar-refractivity contribution >= 4 is 12.1 Å². The average Bonchev–Trinajstić information content (AvgIpc) is 1.87. The van der Waals surface area contributed by atoms with Gasteiger partial charge in [0.2, 0.25) is 0 Å². The zero-order valence-electron chi connectivity index (χ0n) is 6.02. The van der Waals surface area contributed by atoms with Crippen LogP contribution < -0.4 is 5.73 Å². The molecule has 6 heteroatoms. The topological polar surface area (TPSA) is 104 Å². The molecular weight excluding hydrogens is 152 g/mol. The summed E-state index contributed by atoms with van der Waals surface area (Å²) < 4.78 is 0. The molecule has 1 amide bonds. The standard InChI is InChI=1S/C5H10N2O4/c1-7(5(10)11)2-3(6)4(8)9/h3H,2,6H2,1H3,(H,8,9)(H,10,11)/t3-/m0/s1. The molecule has 11 heavy (non-hydrogen) atoms. The minimum atomic E-state index is -1.21. The van der Waals surface area contributed by atoms with Gasteiger partial charge in [0.1, 0.15) is 6.04 Å². The monoisotopic (exact) mass is 162 g/mol.